The molecule has 0 aliphatic rings. The fourth-order valence-electron chi connectivity index (χ4n) is 2.77. The highest BCUT2D eigenvalue weighted by molar-refractivity contribution is 6.42. The number of anilines is 1. The zero-order valence-corrected chi connectivity index (χ0v) is 17.4. The first-order valence-electron chi connectivity index (χ1n) is 8.46. The Hall–Kier alpha value is -2.71. The number of hydrazine groups is 1. The van der Waals surface area contributed by atoms with Crippen LogP contribution in [-0.4, -0.2) is 18.7 Å². The average molecular weight is 423 g/mol. The average Bonchev–Trinajstić information content (AvgIpc) is 3.00. The molecule has 1 aromatic carbocycles. The summed E-state index contributed by atoms with van der Waals surface area (Å²) in [5.41, 5.74) is 7.72. The molecule has 0 atom stereocenters. The number of benzene rings is 1. The number of imidazole rings is 1. The number of aromatic nitrogens is 4. The molecular formula is C18H20Cl2N6O2. The Morgan fingerprint density at radius 2 is 1.82 bits per heavy atom. The van der Waals surface area contributed by atoms with E-state index in [9.17, 15) is 9.59 Å². The summed E-state index contributed by atoms with van der Waals surface area (Å²) in [6.45, 7) is 1.89. The van der Waals surface area contributed by atoms with Crippen molar-refractivity contribution < 1.29 is 0 Å². The van der Waals surface area contributed by atoms with Gasteiger partial charge in [-0.1, -0.05) is 35.3 Å². The minimum Gasteiger partial charge on any atom is -0.306 e. The Morgan fingerprint density at radius 1 is 1.11 bits per heavy atom. The van der Waals surface area contributed by atoms with Crippen molar-refractivity contribution in [1.29, 1.82) is 0 Å². The zero-order chi connectivity index (χ0) is 20.6. The van der Waals surface area contributed by atoms with Gasteiger partial charge in [0.1, 0.15) is 0 Å². The lowest BCUT2D eigenvalue weighted by atomic mass is 10.1. The predicted molar refractivity (Wildman–Crippen MR) is 112 cm³/mol. The maximum absolute atomic E-state index is 12.4. The summed E-state index contributed by atoms with van der Waals surface area (Å²) in [4.78, 5) is 28.8. The van der Waals surface area contributed by atoms with Crippen LogP contribution in [0.4, 0.5) is 5.95 Å². The largest absolute Gasteiger partial charge is 0.332 e. The lowest BCUT2D eigenvalue weighted by Gasteiger charge is -2.09. The third kappa shape index (κ3) is 3.65. The van der Waals surface area contributed by atoms with E-state index in [0.717, 1.165) is 15.8 Å². The number of allylic oxidation sites excluding steroid dienone is 2. The number of fused-ring (bicyclic) bond motifs is 1. The maximum Gasteiger partial charge on any atom is 0.332 e. The highest BCUT2D eigenvalue weighted by Gasteiger charge is 2.16. The first kappa shape index (κ1) is 20.0. The van der Waals surface area contributed by atoms with Crippen molar-refractivity contribution in [2.24, 2.45) is 21.1 Å². The van der Waals surface area contributed by atoms with Crippen LogP contribution in [0.2, 0.25) is 10.0 Å². The van der Waals surface area contributed by atoms with Crippen LogP contribution >= 0.6 is 23.2 Å². The standard InChI is InChI=1S/C18H20Cl2N6O2/c1-10(5-6-11-7-8-12(19)13(20)9-11)22-23-17-21-15-14(24(17)2)16(27)26(4)18(28)25(15)3/h5,7-9,22H,6H2,1-4H3,(H,21,23)/b10-5-. The van der Waals surface area contributed by atoms with Crippen LogP contribution in [0, 0.1) is 0 Å². The smallest absolute Gasteiger partial charge is 0.306 e. The number of hydrogen-bond acceptors (Lipinski definition) is 5. The van der Waals surface area contributed by atoms with Gasteiger partial charge in [-0.2, -0.15) is 4.98 Å². The van der Waals surface area contributed by atoms with Crippen LogP contribution in [0.5, 0.6) is 0 Å². The molecule has 0 saturated heterocycles. The van der Waals surface area contributed by atoms with Crippen molar-refractivity contribution >= 4 is 40.3 Å². The van der Waals surface area contributed by atoms with Gasteiger partial charge in [0.25, 0.3) is 5.56 Å². The Labute approximate surface area is 171 Å². The van der Waals surface area contributed by atoms with Crippen LogP contribution in [0.1, 0.15) is 12.5 Å². The van der Waals surface area contributed by atoms with E-state index in [1.165, 1.54) is 11.6 Å². The summed E-state index contributed by atoms with van der Waals surface area (Å²) in [5, 5.41) is 1.04. The first-order chi connectivity index (χ1) is 13.2. The van der Waals surface area contributed by atoms with Crippen molar-refractivity contribution in [2.75, 3.05) is 5.43 Å². The van der Waals surface area contributed by atoms with Crippen molar-refractivity contribution in [3.05, 3.63) is 66.4 Å². The van der Waals surface area contributed by atoms with Gasteiger partial charge in [-0.15, -0.1) is 0 Å². The third-order valence-electron chi connectivity index (χ3n) is 4.47. The number of hydrogen-bond donors (Lipinski definition) is 2. The molecule has 0 radical (unpaired) electrons. The molecule has 0 unspecified atom stereocenters. The topological polar surface area (TPSA) is 85.9 Å². The van der Waals surface area contributed by atoms with Crippen molar-refractivity contribution in [2.45, 2.75) is 13.3 Å². The predicted octanol–water partition coefficient (Wildman–Crippen LogP) is 2.34. The molecule has 8 nitrogen and oxygen atoms in total. The molecule has 2 aromatic heterocycles. The number of rotatable bonds is 5. The second kappa shape index (κ2) is 7.73. The van der Waals surface area contributed by atoms with Gasteiger partial charge in [-0.25, -0.2) is 4.79 Å². The summed E-state index contributed by atoms with van der Waals surface area (Å²) >= 11 is 12.0. The molecular weight excluding hydrogens is 403 g/mol. The van der Waals surface area contributed by atoms with Crippen LogP contribution in [0.3, 0.4) is 0 Å². The first-order valence-corrected chi connectivity index (χ1v) is 9.21. The molecule has 3 aromatic rings. The van der Waals surface area contributed by atoms with Crippen molar-refractivity contribution in [3.63, 3.8) is 0 Å². The second-order valence-corrected chi connectivity index (χ2v) is 7.28. The van der Waals surface area contributed by atoms with Gasteiger partial charge in [0.2, 0.25) is 5.95 Å². The van der Waals surface area contributed by atoms with Crippen LogP contribution in [0.15, 0.2) is 39.6 Å². The summed E-state index contributed by atoms with van der Waals surface area (Å²) in [5.74, 6) is 0.413. The maximum atomic E-state index is 12.4. The molecule has 3 rings (SSSR count). The molecule has 0 aliphatic heterocycles. The van der Waals surface area contributed by atoms with E-state index in [4.69, 9.17) is 23.2 Å². The highest BCUT2D eigenvalue weighted by atomic mass is 35.5. The second-order valence-electron chi connectivity index (χ2n) is 6.46. The van der Waals surface area contributed by atoms with E-state index in [0.29, 0.717) is 33.6 Å². The van der Waals surface area contributed by atoms with Crippen LogP contribution in [-0.2, 0) is 27.6 Å². The van der Waals surface area contributed by atoms with E-state index in [2.05, 4.69) is 15.8 Å². The number of halogens is 2. The number of nitrogens with zero attached hydrogens (tertiary/aromatic N) is 4. The molecule has 0 saturated carbocycles. The van der Waals surface area contributed by atoms with Gasteiger partial charge in [0.15, 0.2) is 11.2 Å². The van der Waals surface area contributed by atoms with Gasteiger partial charge in [0.05, 0.1) is 10.0 Å². The zero-order valence-electron chi connectivity index (χ0n) is 15.9. The molecule has 0 amide bonds. The summed E-state index contributed by atoms with van der Waals surface area (Å²) in [6, 6.07) is 5.49. The van der Waals surface area contributed by atoms with Gasteiger partial charge in [-0.05, 0) is 31.0 Å². The quantitative estimate of drug-likeness (QED) is 0.616. The molecule has 2 N–H and O–H groups in total. The number of nitrogens with one attached hydrogen (secondary N) is 2. The van der Waals surface area contributed by atoms with Crippen LogP contribution < -0.4 is 22.1 Å². The summed E-state index contributed by atoms with van der Waals surface area (Å²) in [6.07, 6.45) is 2.64. The Morgan fingerprint density at radius 3 is 2.50 bits per heavy atom. The van der Waals surface area contributed by atoms with Crippen LogP contribution in [0.25, 0.3) is 11.2 Å². The molecule has 2 heterocycles. The molecule has 0 aliphatic carbocycles. The van der Waals surface area contributed by atoms with Gasteiger partial charge >= 0.3 is 5.69 Å². The van der Waals surface area contributed by atoms with Crippen molar-refractivity contribution in [1.82, 2.24) is 24.1 Å². The lowest BCUT2D eigenvalue weighted by molar-refractivity contribution is 0.705. The summed E-state index contributed by atoms with van der Waals surface area (Å²) < 4.78 is 4.01. The molecule has 0 bridgehead atoms. The molecule has 0 spiro atoms. The molecule has 148 valence electrons. The van der Waals surface area contributed by atoms with Gasteiger partial charge in [-0.3, -0.25) is 19.4 Å². The molecule has 28 heavy (non-hydrogen) atoms. The lowest BCUT2D eigenvalue weighted by Crippen LogP contribution is -2.37. The Kier molecular flexibility index (Phi) is 5.53. The van der Waals surface area contributed by atoms with E-state index in [1.54, 1.807) is 24.7 Å². The van der Waals surface area contributed by atoms with Gasteiger partial charge < -0.3 is 9.99 Å². The van der Waals surface area contributed by atoms with E-state index >= 15 is 0 Å². The molecule has 10 heteroatoms. The van der Waals surface area contributed by atoms with E-state index < -0.39 is 11.2 Å². The monoisotopic (exact) mass is 422 g/mol. The molecule has 0 fully saturated rings. The van der Waals surface area contributed by atoms with E-state index in [1.807, 2.05) is 25.1 Å². The fraction of sp³-hybridized carbons (Fsp3) is 0.278. The van der Waals surface area contributed by atoms with Crippen molar-refractivity contribution in [3.8, 4) is 0 Å². The fourth-order valence-corrected chi connectivity index (χ4v) is 3.09. The SMILES string of the molecule is C/C(=C/Cc1ccc(Cl)c(Cl)c1)NNc1nc2c(c(=O)n(C)c(=O)n2C)n1C. The number of aryl methyl sites for hydroxylation is 2. The Bertz CT molecular complexity index is 1210. The minimum atomic E-state index is -0.423. The Balaban J connectivity index is 1.79. The summed E-state index contributed by atoms with van der Waals surface area (Å²) in [7, 11) is 4.73. The van der Waals surface area contributed by atoms with E-state index in [-0.39, 0.29) is 0 Å². The van der Waals surface area contributed by atoms with Gasteiger partial charge in [0, 0.05) is 26.8 Å². The normalized spacial score (nSPS) is 11.9. The minimum absolute atomic E-state index is 0.317. The highest BCUT2D eigenvalue weighted by Crippen LogP contribution is 2.23. The third-order valence-corrected chi connectivity index (χ3v) is 5.21.